The molecule has 7 aliphatic rings. The number of carbonyl (C=O) groups is 1. The van der Waals surface area contributed by atoms with Crippen molar-refractivity contribution in [1.29, 1.82) is 0 Å². The number of carbonyl (C=O) groups excluding carboxylic acids is 1. The number of fused-ring (bicyclic) bond motifs is 9. The first-order chi connectivity index (χ1) is 23.8. The molecule has 2 N–H and O–H groups in total. The smallest absolute Gasteiger partial charge is 0.310 e. The molecule has 5 aliphatic heterocycles. The number of aromatic amines is 1. The molecule has 1 aromatic heterocycles. The van der Waals surface area contributed by atoms with Crippen LogP contribution in [0.25, 0.3) is 10.9 Å². The lowest BCUT2D eigenvalue weighted by Gasteiger charge is -2.53. The van der Waals surface area contributed by atoms with Crippen molar-refractivity contribution in [3.05, 3.63) is 70.4 Å². The Hall–Kier alpha value is -3.46. The molecule has 10 rings (SSSR count). The highest BCUT2D eigenvalue weighted by Gasteiger charge is 2.57. The van der Waals surface area contributed by atoms with Gasteiger partial charge in [0.1, 0.15) is 11.4 Å². The molecule has 10 atom stereocenters. The molecule has 0 spiro atoms. The van der Waals surface area contributed by atoms with E-state index >= 15 is 0 Å². The van der Waals surface area contributed by atoms with Gasteiger partial charge < -0.3 is 19.6 Å². The molecule has 8 nitrogen and oxygen atoms in total. The van der Waals surface area contributed by atoms with Gasteiger partial charge in [-0.05, 0) is 87.6 Å². The van der Waals surface area contributed by atoms with Crippen LogP contribution in [0.5, 0.6) is 5.75 Å². The summed E-state index contributed by atoms with van der Waals surface area (Å²) < 4.78 is 11.8. The molecule has 2 aromatic carbocycles. The second-order valence-electron chi connectivity index (χ2n) is 15.9. The number of hydrogen-bond donors (Lipinski definition) is 2. The minimum absolute atomic E-state index is 0.0116. The molecule has 5 fully saturated rings. The Labute approximate surface area is 289 Å². The minimum Gasteiger partial charge on any atom is -0.496 e. The van der Waals surface area contributed by atoms with Gasteiger partial charge in [-0.3, -0.25) is 19.6 Å². The number of nitrogens with one attached hydrogen (secondary N) is 1. The topological polar surface area (TPSA) is 90.4 Å². The Bertz CT molecular complexity index is 1890. The Morgan fingerprint density at radius 3 is 2.78 bits per heavy atom. The largest absolute Gasteiger partial charge is 0.496 e. The van der Waals surface area contributed by atoms with Crippen molar-refractivity contribution >= 4 is 28.3 Å². The van der Waals surface area contributed by atoms with Crippen LogP contribution in [-0.4, -0.2) is 84.6 Å². The van der Waals surface area contributed by atoms with Crippen molar-refractivity contribution in [2.45, 2.75) is 76.0 Å². The predicted octanol–water partition coefficient (Wildman–Crippen LogP) is 6.33. The zero-order valence-electron chi connectivity index (χ0n) is 29.5. The molecule has 6 heterocycles. The first kappa shape index (κ1) is 31.5. The van der Waals surface area contributed by atoms with Crippen molar-refractivity contribution in [2.75, 3.05) is 40.9 Å². The third kappa shape index (κ3) is 4.52. The lowest BCUT2D eigenvalue weighted by Crippen LogP contribution is -2.58. The van der Waals surface area contributed by atoms with Crippen LogP contribution in [0, 0.1) is 29.6 Å². The second kappa shape index (κ2) is 11.5. The van der Waals surface area contributed by atoms with E-state index < -0.39 is 5.60 Å². The van der Waals surface area contributed by atoms with Gasteiger partial charge in [0, 0.05) is 71.3 Å². The van der Waals surface area contributed by atoms with Gasteiger partial charge in [0.25, 0.3) is 0 Å². The molecule has 1 saturated carbocycles. The van der Waals surface area contributed by atoms with E-state index in [1.807, 2.05) is 0 Å². The summed E-state index contributed by atoms with van der Waals surface area (Å²) in [6.45, 7) is 7.30. The van der Waals surface area contributed by atoms with E-state index in [0.29, 0.717) is 24.3 Å². The maximum absolute atomic E-state index is 13.7. The Morgan fingerprint density at radius 1 is 1.16 bits per heavy atom. The fourth-order valence-corrected chi connectivity index (χ4v) is 11.6. The Morgan fingerprint density at radius 2 is 2.00 bits per heavy atom. The standard InChI is InChI=1S/C41H50N4O4/c1-6-23-14-22-15-30-38(23)45(20-22)13-12-41(47)31-19-35(48-4)27(17-33(31)43-39(30)41)28-16-26-24(7-2)21-44(3)34(36(26)40(46)49-5)18-29-25-10-8-9-11-32(25)42-37(28)29/h7-11,17,19,22-23,26,28,30,34,36,38,42,47H,6,12-16,18,20-21H2,1-5H3/b24-7-/t22-,23-,26+,28+,30+,34-,36-,38-,41-/m0/s1. The number of aromatic nitrogens is 1. The van der Waals surface area contributed by atoms with Crippen molar-refractivity contribution in [2.24, 2.45) is 34.6 Å². The molecule has 1 unspecified atom stereocenters. The summed E-state index contributed by atoms with van der Waals surface area (Å²) in [6, 6.07) is 13.4. The van der Waals surface area contributed by atoms with E-state index in [1.165, 1.54) is 42.2 Å². The Kier molecular flexibility index (Phi) is 7.42. The number of piperidine rings is 3. The van der Waals surface area contributed by atoms with Crippen LogP contribution in [0.15, 0.2) is 53.0 Å². The third-order valence-corrected chi connectivity index (χ3v) is 13.8. The average Bonchev–Trinajstić information content (AvgIpc) is 3.60. The Balaban J connectivity index is 1.22. The van der Waals surface area contributed by atoms with Gasteiger partial charge in [-0.25, -0.2) is 0 Å². The van der Waals surface area contributed by atoms with E-state index in [1.54, 1.807) is 7.11 Å². The number of likely N-dealkylation sites (N-methyl/N-ethyl adjacent to an activating group) is 1. The van der Waals surface area contributed by atoms with Crippen LogP contribution in [0.1, 0.15) is 74.3 Å². The number of nitrogens with zero attached hydrogens (tertiary/aromatic N) is 3. The van der Waals surface area contributed by atoms with Crippen LogP contribution in [0.2, 0.25) is 0 Å². The van der Waals surface area contributed by atoms with Gasteiger partial charge in [0.2, 0.25) is 0 Å². The van der Waals surface area contributed by atoms with Crippen LogP contribution >= 0.6 is 0 Å². The number of aliphatic hydroxyl groups is 1. The zero-order valence-corrected chi connectivity index (χ0v) is 29.5. The van der Waals surface area contributed by atoms with E-state index in [4.69, 9.17) is 14.5 Å². The number of esters is 1. The maximum atomic E-state index is 13.7. The molecule has 6 bridgehead atoms. The molecule has 49 heavy (non-hydrogen) atoms. The summed E-state index contributed by atoms with van der Waals surface area (Å²) in [4.78, 5) is 28.0. The number of para-hydroxylation sites is 1. The fourth-order valence-electron chi connectivity index (χ4n) is 11.6. The number of hydrogen-bond acceptors (Lipinski definition) is 7. The van der Waals surface area contributed by atoms with Crippen LogP contribution < -0.4 is 4.74 Å². The molecule has 0 amide bonds. The quantitative estimate of drug-likeness (QED) is 0.251. The van der Waals surface area contributed by atoms with Gasteiger partial charge in [0.05, 0.1) is 31.5 Å². The lowest BCUT2D eigenvalue weighted by molar-refractivity contribution is -0.151. The van der Waals surface area contributed by atoms with E-state index in [0.717, 1.165) is 72.7 Å². The van der Waals surface area contributed by atoms with E-state index in [2.05, 4.69) is 78.2 Å². The first-order valence-electron chi connectivity index (χ1n) is 18.6. The highest BCUT2D eigenvalue weighted by Crippen LogP contribution is 2.56. The number of rotatable bonds is 4. The normalized spacial score (nSPS) is 37.1. The molecule has 3 aromatic rings. The molecule has 4 saturated heterocycles. The average molecular weight is 663 g/mol. The zero-order chi connectivity index (χ0) is 33.8. The number of likely N-dealkylation sites (tertiary alicyclic amines) is 1. The minimum atomic E-state index is -1.08. The van der Waals surface area contributed by atoms with Gasteiger partial charge in [-0.2, -0.15) is 0 Å². The highest BCUT2D eigenvalue weighted by molar-refractivity contribution is 6.03. The van der Waals surface area contributed by atoms with Crippen LogP contribution in [0.3, 0.4) is 0 Å². The molecular formula is C41H50N4O4. The van der Waals surface area contributed by atoms with Crippen molar-refractivity contribution in [1.82, 2.24) is 14.8 Å². The maximum Gasteiger partial charge on any atom is 0.310 e. The van der Waals surface area contributed by atoms with E-state index in [-0.39, 0.29) is 35.7 Å². The summed E-state index contributed by atoms with van der Waals surface area (Å²) in [6.07, 6.45) is 7.95. The summed E-state index contributed by atoms with van der Waals surface area (Å²) >= 11 is 0. The SMILES string of the molecule is C/C=C1/CN(C)[C@H]2Cc3c([nH]c4ccccc34)[C@@H](c3cc4c(cc3OC)[C@@]3(O)CCN5C[C@H]6C[C@H](CC)[C@H]5[C@@H](C6)C3=N4)C[C@H]1[C@@H]2C(=O)OC. The fraction of sp³-hybridized carbons (Fsp3) is 0.561. The molecule has 0 radical (unpaired) electrons. The van der Waals surface area contributed by atoms with Gasteiger partial charge in [-0.15, -0.1) is 0 Å². The highest BCUT2D eigenvalue weighted by atomic mass is 16.5. The molecular weight excluding hydrogens is 612 g/mol. The summed E-state index contributed by atoms with van der Waals surface area (Å²) in [7, 11) is 5.41. The monoisotopic (exact) mass is 662 g/mol. The summed E-state index contributed by atoms with van der Waals surface area (Å²) in [5, 5.41) is 13.9. The molecule has 258 valence electrons. The first-order valence-corrected chi connectivity index (χ1v) is 18.6. The number of H-pyrrole nitrogens is 1. The number of methoxy groups -OCH3 is 2. The van der Waals surface area contributed by atoms with Crippen LogP contribution in [0.4, 0.5) is 5.69 Å². The van der Waals surface area contributed by atoms with Crippen molar-refractivity contribution < 1.29 is 19.4 Å². The summed E-state index contributed by atoms with van der Waals surface area (Å²) in [5.74, 6) is 1.90. The number of aliphatic imine (C=N–C) groups is 1. The van der Waals surface area contributed by atoms with Gasteiger partial charge >= 0.3 is 5.97 Å². The van der Waals surface area contributed by atoms with E-state index in [9.17, 15) is 9.90 Å². The number of allylic oxidation sites excluding steroid dienone is 1. The van der Waals surface area contributed by atoms with Gasteiger partial charge in [-0.1, -0.05) is 43.2 Å². The number of ether oxygens (including phenoxy) is 2. The van der Waals surface area contributed by atoms with Gasteiger partial charge in [0.15, 0.2) is 0 Å². The van der Waals surface area contributed by atoms with Crippen molar-refractivity contribution in [3.8, 4) is 5.75 Å². The number of benzene rings is 2. The van der Waals surface area contributed by atoms with Crippen LogP contribution in [-0.2, 0) is 21.6 Å². The predicted molar refractivity (Wildman–Crippen MR) is 192 cm³/mol. The van der Waals surface area contributed by atoms with Crippen molar-refractivity contribution in [3.63, 3.8) is 0 Å². The molecule has 2 aliphatic carbocycles. The summed E-state index contributed by atoms with van der Waals surface area (Å²) in [5.41, 5.74) is 7.58. The third-order valence-electron chi connectivity index (χ3n) is 13.8. The molecule has 8 heteroatoms. The second-order valence-corrected chi connectivity index (χ2v) is 15.9. The lowest BCUT2D eigenvalue weighted by atomic mass is 9.63.